The van der Waals surface area contributed by atoms with Gasteiger partial charge in [0.1, 0.15) is 0 Å². The summed E-state index contributed by atoms with van der Waals surface area (Å²) < 4.78 is 0. The number of aliphatic carboxylic acids is 1. The summed E-state index contributed by atoms with van der Waals surface area (Å²) in [6.45, 7) is 1.65. The van der Waals surface area contributed by atoms with Crippen molar-refractivity contribution in [1.29, 1.82) is 0 Å². The lowest BCUT2D eigenvalue weighted by atomic mass is 9.90. The summed E-state index contributed by atoms with van der Waals surface area (Å²) in [5.74, 6) is -1.23. The van der Waals surface area contributed by atoms with Crippen molar-refractivity contribution < 1.29 is 15.0 Å². The molecule has 0 aliphatic heterocycles. The van der Waals surface area contributed by atoms with Crippen LogP contribution in [0.5, 0.6) is 0 Å². The minimum Gasteiger partial charge on any atom is -0.481 e. The predicted octanol–water partition coefficient (Wildman–Crippen LogP) is 1.40. The second-order valence-electron chi connectivity index (χ2n) is 3.87. The number of carbonyl (C=O) groups is 1. The van der Waals surface area contributed by atoms with Crippen LogP contribution in [0.4, 0.5) is 0 Å². The molecule has 2 N–H and O–H groups in total. The molecule has 3 nitrogen and oxygen atoms in total. The van der Waals surface area contributed by atoms with Crippen LogP contribution in [0.1, 0.15) is 39.0 Å². The Morgan fingerprint density at radius 3 is 2.42 bits per heavy atom. The second-order valence-corrected chi connectivity index (χ2v) is 3.87. The molecule has 0 bridgehead atoms. The number of hydrogen-bond acceptors (Lipinski definition) is 2. The normalized spacial score (nSPS) is 23.8. The van der Waals surface area contributed by atoms with Crippen molar-refractivity contribution in [1.82, 2.24) is 0 Å². The van der Waals surface area contributed by atoms with Crippen molar-refractivity contribution in [3.05, 3.63) is 0 Å². The molecule has 0 aromatic rings. The van der Waals surface area contributed by atoms with Crippen molar-refractivity contribution >= 4 is 5.97 Å². The summed E-state index contributed by atoms with van der Waals surface area (Å²) >= 11 is 0. The minimum absolute atomic E-state index is 0.405. The molecule has 1 aliphatic rings. The largest absolute Gasteiger partial charge is 0.481 e. The van der Waals surface area contributed by atoms with Gasteiger partial charge in [-0.2, -0.15) is 0 Å². The maximum Gasteiger partial charge on any atom is 0.306 e. The number of hydrogen-bond donors (Lipinski definition) is 2. The molecule has 1 unspecified atom stereocenters. The topological polar surface area (TPSA) is 57.5 Å². The van der Waals surface area contributed by atoms with Crippen LogP contribution in [0.2, 0.25) is 0 Å². The van der Waals surface area contributed by atoms with E-state index in [1.807, 2.05) is 0 Å². The van der Waals surface area contributed by atoms with Crippen LogP contribution in [-0.4, -0.2) is 21.8 Å². The zero-order valence-electron chi connectivity index (χ0n) is 7.42. The monoisotopic (exact) mass is 172 g/mol. The number of rotatable bonds is 3. The Morgan fingerprint density at radius 2 is 2.00 bits per heavy atom. The van der Waals surface area contributed by atoms with E-state index >= 15 is 0 Å². The third kappa shape index (κ3) is 2.21. The average molecular weight is 172 g/mol. The quantitative estimate of drug-likeness (QED) is 0.676. The molecule has 0 aromatic heterocycles. The lowest BCUT2D eigenvalue weighted by molar-refractivity contribution is -0.143. The van der Waals surface area contributed by atoms with Crippen LogP contribution in [0.25, 0.3) is 0 Å². The van der Waals surface area contributed by atoms with E-state index in [9.17, 15) is 9.90 Å². The van der Waals surface area contributed by atoms with Crippen molar-refractivity contribution in [2.45, 2.75) is 44.6 Å². The average Bonchev–Trinajstić information content (AvgIpc) is 2.35. The van der Waals surface area contributed by atoms with Crippen molar-refractivity contribution in [3.63, 3.8) is 0 Å². The van der Waals surface area contributed by atoms with E-state index in [4.69, 9.17) is 5.11 Å². The summed E-state index contributed by atoms with van der Waals surface area (Å²) in [5, 5.41) is 18.5. The summed E-state index contributed by atoms with van der Waals surface area (Å²) in [7, 11) is 0. The minimum atomic E-state index is -0.810. The van der Waals surface area contributed by atoms with E-state index in [1.54, 1.807) is 6.92 Å². The second kappa shape index (κ2) is 3.44. The third-order valence-electron chi connectivity index (χ3n) is 2.64. The fourth-order valence-electron chi connectivity index (χ4n) is 1.89. The molecule has 12 heavy (non-hydrogen) atoms. The molecule has 0 radical (unpaired) electrons. The van der Waals surface area contributed by atoms with E-state index in [1.165, 1.54) is 0 Å². The van der Waals surface area contributed by atoms with Gasteiger partial charge in [-0.1, -0.05) is 19.8 Å². The molecule has 0 heterocycles. The molecule has 0 amide bonds. The lowest BCUT2D eigenvalue weighted by Gasteiger charge is -2.23. The summed E-state index contributed by atoms with van der Waals surface area (Å²) in [6, 6.07) is 0. The van der Waals surface area contributed by atoms with Crippen LogP contribution in [0.15, 0.2) is 0 Å². The number of aliphatic hydroxyl groups is 1. The zero-order chi connectivity index (χ0) is 9.19. The number of carboxylic acid groups (broad SMARTS) is 1. The highest BCUT2D eigenvalue weighted by Crippen LogP contribution is 2.34. The SMILES string of the molecule is CC(CC1(O)CCCC1)C(=O)O. The summed E-state index contributed by atoms with van der Waals surface area (Å²) in [6.07, 6.45) is 4.00. The van der Waals surface area contributed by atoms with Gasteiger partial charge in [-0.05, 0) is 19.3 Å². The Balaban J connectivity index is 2.43. The van der Waals surface area contributed by atoms with Gasteiger partial charge in [0.2, 0.25) is 0 Å². The molecular weight excluding hydrogens is 156 g/mol. The Morgan fingerprint density at radius 1 is 1.50 bits per heavy atom. The molecule has 0 saturated heterocycles. The standard InChI is InChI=1S/C9H16O3/c1-7(8(10)11)6-9(12)4-2-3-5-9/h7,12H,2-6H2,1H3,(H,10,11). The van der Waals surface area contributed by atoms with Crippen molar-refractivity contribution in [2.75, 3.05) is 0 Å². The third-order valence-corrected chi connectivity index (χ3v) is 2.64. The first-order valence-corrected chi connectivity index (χ1v) is 4.49. The Kier molecular flexibility index (Phi) is 2.73. The van der Waals surface area contributed by atoms with E-state index in [0.717, 1.165) is 25.7 Å². The summed E-state index contributed by atoms with van der Waals surface area (Å²) in [4.78, 5) is 10.5. The van der Waals surface area contributed by atoms with Crippen molar-refractivity contribution in [2.24, 2.45) is 5.92 Å². The molecule has 1 atom stereocenters. The first-order valence-electron chi connectivity index (χ1n) is 4.49. The molecule has 0 aromatic carbocycles. The highest BCUT2D eigenvalue weighted by Gasteiger charge is 2.34. The van der Waals surface area contributed by atoms with Gasteiger partial charge in [0.05, 0.1) is 11.5 Å². The molecule has 0 spiro atoms. The van der Waals surface area contributed by atoms with Gasteiger partial charge in [-0.3, -0.25) is 4.79 Å². The molecule has 1 aliphatic carbocycles. The Labute approximate surface area is 72.4 Å². The van der Waals surface area contributed by atoms with Gasteiger partial charge < -0.3 is 10.2 Å². The first kappa shape index (κ1) is 9.52. The number of carboxylic acids is 1. The van der Waals surface area contributed by atoms with E-state index in [2.05, 4.69) is 0 Å². The maximum absolute atomic E-state index is 10.5. The molecule has 3 heteroatoms. The smallest absolute Gasteiger partial charge is 0.306 e. The van der Waals surface area contributed by atoms with Gasteiger partial charge >= 0.3 is 5.97 Å². The Bertz CT molecular complexity index is 171. The van der Waals surface area contributed by atoms with Gasteiger partial charge in [0.15, 0.2) is 0 Å². The van der Waals surface area contributed by atoms with E-state index in [-0.39, 0.29) is 0 Å². The predicted molar refractivity (Wildman–Crippen MR) is 44.8 cm³/mol. The Hall–Kier alpha value is -0.570. The fourth-order valence-corrected chi connectivity index (χ4v) is 1.89. The zero-order valence-corrected chi connectivity index (χ0v) is 7.42. The first-order chi connectivity index (χ1) is 5.53. The van der Waals surface area contributed by atoms with Crippen LogP contribution >= 0.6 is 0 Å². The highest BCUT2D eigenvalue weighted by molar-refractivity contribution is 5.69. The molecule has 70 valence electrons. The molecule has 1 saturated carbocycles. The van der Waals surface area contributed by atoms with Crippen molar-refractivity contribution in [3.8, 4) is 0 Å². The van der Waals surface area contributed by atoms with Crippen LogP contribution in [-0.2, 0) is 4.79 Å². The summed E-state index contributed by atoms with van der Waals surface area (Å²) in [5.41, 5.74) is -0.683. The highest BCUT2D eigenvalue weighted by atomic mass is 16.4. The maximum atomic E-state index is 10.5. The van der Waals surface area contributed by atoms with Gasteiger partial charge in [0.25, 0.3) is 0 Å². The van der Waals surface area contributed by atoms with E-state index in [0.29, 0.717) is 6.42 Å². The van der Waals surface area contributed by atoms with E-state index < -0.39 is 17.5 Å². The molecule has 1 fully saturated rings. The van der Waals surface area contributed by atoms with Crippen LogP contribution < -0.4 is 0 Å². The van der Waals surface area contributed by atoms with Gasteiger partial charge in [-0.15, -0.1) is 0 Å². The van der Waals surface area contributed by atoms with Gasteiger partial charge in [-0.25, -0.2) is 0 Å². The van der Waals surface area contributed by atoms with Gasteiger partial charge in [0, 0.05) is 0 Å². The molecule has 1 rings (SSSR count). The fraction of sp³-hybridized carbons (Fsp3) is 0.889. The molecular formula is C9H16O3. The van der Waals surface area contributed by atoms with Crippen LogP contribution in [0.3, 0.4) is 0 Å². The van der Waals surface area contributed by atoms with Crippen LogP contribution in [0, 0.1) is 5.92 Å². The lowest BCUT2D eigenvalue weighted by Crippen LogP contribution is -2.29.